The molecule has 10 heteroatoms. The number of nitrogens with one attached hydrogen (secondary N) is 1. The van der Waals surface area contributed by atoms with Gasteiger partial charge in [0.2, 0.25) is 0 Å². The van der Waals surface area contributed by atoms with Crippen molar-refractivity contribution in [2.45, 2.75) is 57.8 Å². The van der Waals surface area contributed by atoms with E-state index in [1.54, 1.807) is 19.1 Å². The Labute approximate surface area is 207 Å². The molecule has 0 bridgehead atoms. The second kappa shape index (κ2) is 10.1. The van der Waals surface area contributed by atoms with E-state index in [-0.39, 0.29) is 18.2 Å². The van der Waals surface area contributed by atoms with Crippen LogP contribution in [0.1, 0.15) is 43.6 Å². The number of methoxy groups -OCH3 is 1. The van der Waals surface area contributed by atoms with Gasteiger partial charge in [-0.05, 0) is 45.7 Å². The van der Waals surface area contributed by atoms with Gasteiger partial charge in [0.05, 0.1) is 24.3 Å². The van der Waals surface area contributed by atoms with Crippen molar-refractivity contribution in [3.8, 4) is 11.5 Å². The predicted octanol–water partition coefficient (Wildman–Crippen LogP) is 5.12. The first-order chi connectivity index (χ1) is 17.0. The summed E-state index contributed by atoms with van der Waals surface area (Å²) in [4.78, 5) is 8.89. The molecule has 1 atom stereocenters. The lowest BCUT2D eigenvalue weighted by molar-refractivity contribution is -0.170. The fourth-order valence-electron chi connectivity index (χ4n) is 4.09. The monoisotopic (exact) mass is 505 g/mol. The van der Waals surface area contributed by atoms with E-state index in [0.717, 1.165) is 32.8 Å². The van der Waals surface area contributed by atoms with Crippen LogP contribution < -0.4 is 14.8 Å². The SMILES string of the molecule is COc1cc2nc(C)nc(NCc3cccc(C(F)(F)C(C)(C)O)c3F)c2cc1OC[C@H]1CCCO1. The molecule has 3 aromatic rings. The van der Waals surface area contributed by atoms with Gasteiger partial charge in [0.25, 0.3) is 0 Å². The molecular formula is C26H30F3N3O4. The van der Waals surface area contributed by atoms with Crippen LogP contribution in [0.4, 0.5) is 19.0 Å². The quantitative estimate of drug-likeness (QED) is 0.418. The molecule has 1 aromatic heterocycles. The molecule has 1 saturated heterocycles. The molecule has 36 heavy (non-hydrogen) atoms. The Morgan fingerprint density at radius 1 is 1.19 bits per heavy atom. The number of aromatic nitrogens is 2. The lowest BCUT2D eigenvalue weighted by atomic mass is 9.92. The van der Waals surface area contributed by atoms with Crippen LogP contribution in [0.25, 0.3) is 10.9 Å². The molecular weight excluding hydrogens is 475 g/mol. The van der Waals surface area contributed by atoms with Crippen LogP contribution in [-0.2, 0) is 17.2 Å². The third-order valence-electron chi connectivity index (χ3n) is 6.17. The highest BCUT2D eigenvalue weighted by Crippen LogP contribution is 2.40. The Morgan fingerprint density at radius 2 is 1.97 bits per heavy atom. The number of aryl methyl sites for hydroxylation is 1. The molecule has 0 saturated carbocycles. The van der Waals surface area contributed by atoms with E-state index in [2.05, 4.69) is 15.3 Å². The maximum absolute atomic E-state index is 15.1. The highest BCUT2D eigenvalue weighted by Gasteiger charge is 2.49. The second-order valence-electron chi connectivity index (χ2n) is 9.35. The average Bonchev–Trinajstić information content (AvgIpc) is 3.34. The Hall–Kier alpha value is -3.11. The summed E-state index contributed by atoms with van der Waals surface area (Å²) in [6.45, 7) is 4.56. The summed E-state index contributed by atoms with van der Waals surface area (Å²) in [6, 6.07) is 7.18. The molecule has 0 unspecified atom stereocenters. The van der Waals surface area contributed by atoms with Crippen LogP contribution in [0.2, 0.25) is 0 Å². The number of rotatable bonds is 9. The van der Waals surface area contributed by atoms with Crippen molar-refractivity contribution in [3.05, 3.63) is 53.1 Å². The van der Waals surface area contributed by atoms with E-state index in [4.69, 9.17) is 14.2 Å². The Morgan fingerprint density at radius 3 is 2.64 bits per heavy atom. The van der Waals surface area contributed by atoms with Crippen molar-refractivity contribution in [3.63, 3.8) is 0 Å². The Kier molecular flexibility index (Phi) is 7.28. The highest BCUT2D eigenvalue weighted by molar-refractivity contribution is 5.91. The zero-order valence-corrected chi connectivity index (χ0v) is 20.7. The number of alkyl halides is 2. The largest absolute Gasteiger partial charge is 0.493 e. The third kappa shape index (κ3) is 5.19. The standard InChI is InChI=1S/C26H30F3N3O4/c1-15-31-20-12-21(34-4)22(36-14-17-8-6-10-35-17)11-18(20)24(32-15)30-13-16-7-5-9-19(23(16)27)26(28,29)25(2,3)33/h5,7,9,11-12,17,33H,6,8,10,13-14H2,1-4H3,(H,30,31,32)/t17-/m1/s1. The summed E-state index contributed by atoms with van der Waals surface area (Å²) in [5, 5.41) is 13.5. The van der Waals surface area contributed by atoms with E-state index < -0.39 is 22.9 Å². The number of aliphatic hydroxyl groups is 1. The van der Waals surface area contributed by atoms with E-state index >= 15 is 4.39 Å². The van der Waals surface area contributed by atoms with Crippen LogP contribution in [0.5, 0.6) is 11.5 Å². The fraction of sp³-hybridized carbons (Fsp3) is 0.462. The summed E-state index contributed by atoms with van der Waals surface area (Å²) in [7, 11) is 1.53. The summed E-state index contributed by atoms with van der Waals surface area (Å²) in [5.41, 5.74) is -2.72. The number of anilines is 1. The van der Waals surface area contributed by atoms with Gasteiger partial charge in [-0.15, -0.1) is 0 Å². The van der Waals surface area contributed by atoms with Crippen molar-refractivity contribution in [1.29, 1.82) is 0 Å². The van der Waals surface area contributed by atoms with Crippen LogP contribution >= 0.6 is 0 Å². The van der Waals surface area contributed by atoms with Crippen molar-refractivity contribution >= 4 is 16.7 Å². The first-order valence-corrected chi connectivity index (χ1v) is 11.7. The summed E-state index contributed by atoms with van der Waals surface area (Å²) in [5.74, 6) is -3.04. The first kappa shape index (κ1) is 26.0. The fourth-order valence-corrected chi connectivity index (χ4v) is 4.09. The molecule has 2 aromatic carbocycles. The van der Waals surface area contributed by atoms with Gasteiger partial charge in [-0.2, -0.15) is 8.78 Å². The van der Waals surface area contributed by atoms with E-state index in [1.807, 2.05) is 0 Å². The maximum Gasteiger partial charge on any atom is 0.303 e. The van der Waals surface area contributed by atoms with Crippen LogP contribution in [0.15, 0.2) is 30.3 Å². The Bertz CT molecular complexity index is 1240. The van der Waals surface area contributed by atoms with E-state index in [1.165, 1.54) is 19.2 Å². The number of hydrogen-bond acceptors (Lipinski definition) is 7. The topological polar surface area (TPSA) is 85.7 Å². The average molecular weight is 506 g/mol. The van der Waals surface area contributed by atoms with Gasteiger partial charge < -0.3 is 24.6 Å². The van der Waals surface area contributed by atoms with Crippen molar-refractivity contribution in [1.82, 2.24) is 9.97 Å². The summed E-state index contributed by atoms with van der Waals surface area (Å²) >= 11 is 0. The first-order valence-electron chi connectivity index (χ1n) is 11.7. The van der Waals surface area contributed by atoms with Gasteiger partial charge in [0.15, 0.2) is 11.5 Å². The van der Waals surface area contributed by atoms with Gasteiger partial charge >= 0.3 is 5.92 Å². The molecule has 194 valence electrons. The molecule has 0 amide bonds. The molecule has 1 aliphatic rings. The van der Waals surface area contributed by atoms with Crippen molar-refractivity contribution in [2.75, 3.05) is 25.6 Å². The number of benzene rings is 2. The molecule has 1 aliphatic heterocycles. The molecule has 2 N–H and O–H groups in total. The minimum absolute atomic E-state index is 0.00390. The van der Waals surface area contributed by atoms with Gasteiger partial charge in [-0.3, -0.25) is 0 Å². The molecule has 4 rings (SSSR count). The molecule has 1 fully saturated rings. The highest BCUT2D eigenvalue weighted by atomic mass is 19.3. The van der Waals surface area contributed by atoms with Crippen LogP contribution in [0.3, 0.4) is 0 Å². The minimum atomic E-state index is -3.78. The van der Waals surface area contributed by atoms with Crippen LogP contribution in [-0.4, -0.2) is 47.1 Å². The molecule has 0 aliphatic carbocycles. The van der Waals surface area contributed by atoms with Gasteiger partial charge in [-0.25, -0.2) is 14.4 Å². The lowest BCUT2D eigenvalue weighted by Crippen LogP contribution is -2.41. The minimum Gasteiger partial charge on any atom is -0.493 e. The second-order valence-corrected chi connectivity index (χ2v) is 9.35. The smallest absolute Gasteiger partial charge is 0.303 e. The van der Waals surface area contributed by atoms with Gasteiger partial charge in [0, 0.05) is 30.2 Å². The number of ether oxygens (including phenoxy) is 3. The van der Waals surface area contributed by atoms with Crippen molar-refractivity contribution in [2.24, 2.45) is 0 Å². The van der Waals surface area contributed by atoms with Crippen molar-refractivity contribution < 1.29 is 32.5 Å². The number of halogens is 3. The maximum atomic E-state index is 15.1. The third-order valence-corrected chi connectivity index (χ3v) is 6.17. The Balaban J connectivity index is 1.64. The molecule has 0 spiro atoms. The zero-order chi connectivity index (χ0) is 26.1. The number of fused-ring (bicyclic) bond motifs is 1. The normalized spacial score (nSPS) is 16.4. The predicted molar refractivity (Wildman–Crippen MR) is 129 cm³/mol. The van der Waals surface area contributed by atoms with E-state index in [9.17, 15) is 13.9 Å². The zero-order valence-electron chi connectivity index (χ0n) is 20.7. The van der Waals surface area contributed by atoms with Gasteiger partial charge in [0.1, 0.15) is 29.7 Å². The molecule has 0 radical (unpaired) electrons. The molecule has 2 heterocycles. The number of hydrogen-bond donors (Lipinski definition) is 2. The lowest BCUT2D eigenvalue weighted by Gasteiger charge is -2.30. The van der Waals surface area contributed by atoms with E-state index in [0.29, 0.717) is 47.3 Å². The van der Waals surface area contributed by atoms with Crippen LogP contribution in [0, 0.1) is 12.7 Å². The summed E-state index contributed by atoms with van der Waals surface area (Å²) < 4.78 is 61.5. The summed E-state index contributed by atoms with van der Waals surface area (Å²) in [6.07, 6.45) is 1.92. The number of nitrogens with zero attached hydrogens (tertiary/aromatic N) is 2. The molecule has 7 nitrogen and oxygen atoms in total. The van der Waals surface area contributed by atoms with Gasteiger partial charge in [-0.1, -0.05) is 12.1 Å².